The van der Waals surface area contributed by atoms with Gasteiger partial charge in [0.25, 0.3) is 0 Å². The molecule has 1 atom stereocenters. The number of aromatic nitrogens is 2. The molecule has 108 valence electrons. The molecule has 0 saturated heterocycles. The fourth-order valence-electron chi connectivity index (χ4n) is 2.28. The van der Waals surface area contributed by atoms with Gasteiger partial charge in [0, 0.05) is 21.7 Å². The van der Waals surface area contributed by atoms with Crippen molar-refractivity contribution in [3.8, 4) is 0 Å². The Hall–Kier alpha value is -0.650. The third kappa shape index (κ3) is 3.71. The summed E-state index contributed by atoms with van der Waals surface area (Å²) in [6, 6.07) is 8.62. The molecule has 0 aliphatic rings. The van der Waals surface area contributed by atoms with E-state index in [0.29, 0.717) is 0 Å². The lowest BCUT2D eigenvalue weighted by atomic mass is 10.0. The Morgan fingerprint density at radius 3 is 2.50 bits per heavy atom. The average molecular weight is 401 g/mol. The Balaban J connectivity index is 2.41. The fourth-order valence-corrected chi connectivity index (χ4v) is 3.61. The van der Waals surface area contributed by atoms with Crippen LogP contribution < -0.4 is 5.32 Å². The first-order chi connectivity index (χ1) is 9.65. The number of benzene rings is 1. The largest absolute Gasteiger partial charge is 0.305 e. The molecular weight excluding hydrogens is 382 g/mol. The minimum atomic E-state index is 0.159. The molecule has 0 aliphatic carbocycles. The zero-order valence-electron chi connectivity index (χ0n) is 11.7. The van der Waals surface area contributed by atoms with Crippen LogP contribution in [0.3, 0.4) is 0 Å². The van der Waals surface area contributed by atoms with E-state index in [4.69, 9.17) is 0 Å². The predicted molar refractivity (Wildman–Crippen MR) is 89.9 cm³/mol. The summed E-state index contributed by atoms with van der Waals surface area (Å²) in [6.07, 6.45) is 2.97. The van der Waals surface area contributed by atoms with Crippen LogP contribution in [0.5, 0.6) is 0 Å². The molecule has 1 N–H and O–H groups in total. The van der Waals surface area contributed by atoms with E-state index in [1.54, 1.807) is 0 Å². The summed E-state index contributed by atoms with van der Waals surface area (Å²) in [4.78, 5) is 0. The summed E-state index contributed by atoms with van der Waals surface area (Å²) in [7, 11) is 0. The van der Waals surface area contributed by atoms with Gasteiger partial charge in [-0.2, -0.15) is 5.10 Å². The molecule has 0 spiro atoms. The minimum absolute atomic E-state index is 0.159. The lowest BCUT2D eigenvalue weighted by Gasteiger charge is -2.21. The highest BCUT2D eigenvalue weighted by molar-refractivity contribution is 9.11. The normalized spacial score (nSPS) is 12.6. The van der Waals surface area contributed by atoms with Gasteiger partial charge in [-0.25, -0.2) is 0 Å². The maximum atomic E-state index is 4.39. The second-order valence-electron chi connectivity index (χ2n) is 4.66. The van der Waals surface area contributed by atoms with Crippen molar-refractivity contribution in [2.75, 3.05) is 6.54 Å². The van der Waals surface area contributed by atoms with Crippen molar-refractivity contribution < 1.29 is 0 Å². The van der Waals surface area contributed by atoms with Crippen LogP contribution in [-0.4, -0.2) is 16.3 Å². The quantitative estimate of drug-likeness (QED) is 0.772. The molecule has 0 bridgehead atoms. The molecule has 3 nitrogen and oxygen atoms in total. The molecule has 1 heterocycles. The Morgan fingerprint density at radius 2 is 1.90 bits per heavy atom. The third-order valence-corrected chi connectivity index (χ3v) is 4.08. The number of nitrogens with one attached hydrogen (secondary N) is 1. The fraction of sp³-hybridized carbons (Fsp3) is 0.400. The van der Waals surface area contributed by atoms with Crippen LogP contribution in [0.25, 0.3) is 0 Å². The van der Waals surface area contributed by atoms with Gasteiger partial charge >= 0.3 is 0 Å². The maximum Gasteiger partial charge on any atom is 0.0749 e. The van der Waals surface area contributed by atoms with E-state index in [2.05, 4.69) is 80.4 Å². The van der Waals surface area contributed by atoms with Crippen LogP contribution in [0, 0.1) is 0 Å². The molecule has 0 fully saturated rings. The number of rotatable bonds is 6. The topological polar surface area (TPSA) is 29.9 Å². The highest BCUT2D eigenvalue weighted by atomic mass is 79.9. The van der Waals surface area contributed by atoms with Crippen molar-refractivity contribution in [2.24, 2.45) is 0 Å². The molecule has 0 amide bonds. The van der Waals surface area contributed by atoms with Gasteiger partial charge in [0.2, 0.25) is 0 Å². The predicted octanol–water partition coefficient (Wildman–Crippen LogP) is 4.52. The second-order valence-corrected chi connectivity index (χ2v) is 6.49. The number of hydrogen-bond acceptors (Lipinski definition) is 2. The number of hydrogen-bond donors (Lipinski definition) is 1. The van der Waals surface area contributed by atoms with E-state index in [1.165, 1.54) is 11.3 Å². The average Bonchev–Trinajstić information content (AvgIpc) is 2.86. The maximum absolute atomic E-state index is 4.39. The van der Waals surface area contributed by atoms with E-state index in [1.807, 2.05) is 10.9 Å². The Bertz CT molecular complexity index is 546. The van der Waals surface area contributed by atoms with Crippen LogP contribution >= 0.6 is 31.9 Å². The van der Waals surface area contributed by atoms with Gasteiger partial charge < -0.3 is 5.32 Å². The summed E-state index contributed by atoms with van der Waals surface area (Å²) >= 11 is 7.14. The van der Waals surface area contributed by atoms with Crippen molar-refractivity contribution in [2.45, 2.75) is 32.9 Å². The van der Waals surface area contributed by atoms with Crippen LogP contribution in [0.15, 0.2) is 39.4 Å². The third-order valence-electron chi connectivity index (χ3n) is 3.16. The molecule has 5 heteroatoms. The van der Waals surface area contributed by atoms with Gasteiger partial charge in [-0.1, -0.05) is 38.8 Å². The first-order valence-corrected chi connectivity index (χ1v) is 8.45. The van der Waals surface area contributed by atoms with Crippen molar-refractivity contribution in [1.82, 2.24) is 15.1 Å². The van der Waals surface area contributed by atoms with Crippen molar-refractivity contribution in [1.29, 1.82) is 0 Å². The molecule has 0 radical (unpaired) electrons. The number of nitrogens with zero attached hydrogens (tertiary/aromatic N) is 2. The van der Waals surface area contributed by atoms with E-state index in [0.717, 1.165) is 28.5 Å². The van der Waals surface area contributed by atoms with E-state index >= 15 is 0 Å². The Labute approximate surface area is 137 Å². The van der Waals surface area contributed by atoms with Gasteiger partial charge in [-0.05, 0) is 49.7 Å². The second kappa shape index (κ2) is 7.38. The zero-order valence-corrected chi connectivity index (χ0v) is 14.9. The molecule has 1 aromatic carbocycles. The summed E-state index contributed by atoms with van der Waals surface area (Å²) in [5.41, 5.74) is 2.43. The van der Waals surface area contributed by atoms with Crippen molar-refractivity contribution in [3.05, 3.63) is 50.7 Å². The summed E-state index contributed by atoms with van der Waals surface area (Å²) in [6.45, 7) is 6.15. The molecule has 2 rings (SSSR count). The minimum Gasteiger partial charge on any atom is -0.305 e. The Kier molecular flexibility index (Phi) is 5.81. The summed E-state index contributed by atoms with van der Waals surface area (Å²) < 4.78 is 4.20. The van der Waals surface area contributed by atoms with E-state index in [-0.39, 0.29) is 6.04 Å². The molecule has 0 aliphatic heterocycles. The Morgan fingerprint density at radius 1 is 1.20 bits per heavy atom. The van der Waals surface area contributed by atoms with Crippen LogP contribution in [0.1, 0.15) is 37.6 Å². The standard InChI is InChI=1S/C15H19Br2N3/c1-3-6-18-15(14-5-7-19-20(14)4-2)11-8-12(16)10-13(17)9-11/h5,7-10,15,18H,3-4,6H2,1-2H3. The van der Waals surface area contributed by atoms with Gasteiger partial charge in [-0.15, -0.1) is 0 Å². The monoisotopic (exact) mass is 399 g/mol. The molecule has 0 saturated carbocycles. The smallest absolute Gasteiger partial charge is 0.0749 e. The summed E-state index contributed by atoms with van der Waals surface area (Å²) in [5, 5.41) is 8.00. The lowest BCUT2D eigenvalue weighted by molar-refractivity contribution is 0.529. The first kappa shape index (κ1) is 15.7. The molecule has 20 heavy (non-hydrogen) atoms. The van der Waals surface area contributed by atoms with Gasteiger partial charge in [0.1, 0.15) is 0 Å². The molecule has 1 unspecified atom stereocenters. The first-order valence-electron chi connectivity index (χ1n) is 6.86. The number of aryl methyl sites for hydroxylation is 1. The molecule has 2 aromatic rings. The van der Waals surface area contributed by atoms with Gasteiger partial charge in [0.15, 0.2) is 0 Å². The van der Waals surface area contributed by atoms with Crippen LogP contribution in [-0.2, 0) is 6.54 Å². The highest BCUT2D eigenvalue weighted by Crippen LogP contribution is 2.28. The van der Waals surface area contributed by atoms with E-state index < -0.39 is 0 Å². The molecular formula is C15H19Br2N3. The van der Waals surface area contributed by atoms with E-state index in [9.17, 15) is 0 Å². The lowest BCUT2D eigenvalue weighted by Crippen LogP contribution is -2.25. The highest BCUT2D eigenvalue weighted by Gasteiger charge is 2.18. The zero-order chi connectivity index (χ0) is 14.5. The van der Waals surface area contributed by atoms with Crippen LogP contribution in [0.4, 0.5) is 0 Å². The van der Waals surface area contributed by atoms with Crippen molar-refractivity contribution >= 4 is 31.9 Å². The van der Waals surface area contributed by atoms with Gasteiger partial charge in [0.05, 0.1) is 11.7 Å². The number of halogens is 2. The van der Waals surface area contributed by atoms with Gasteiger partial charge in [-0.3, -0.25) is 4.68 Å². The summed E-state index contributed by atoms with van der Waals surface area (Å²) in [5.74, 6) is 0. The molecule has 1 aromatic heterocycles. The van der Waals surface area contributed by atoms with Crippen molar-refractivity contribution in [3.63, 3.8) is 0 Å². The van der Waals surface area contributed by atoms with Crippen LogP contribution in [0.2, 0.25) is 0 Å². The SMILES string of the molecule is CCCNC(c1cc(Br)cc(Br)c1)c1ccnn1CC.